The van der Waals surface area contributed by atoms with E-state index in [1.807, 2.05) is 21.1 Å². The van der Waals surface area contributed by atoms with Crippen molar-refractivity contribution < 1.29 is 42.1 Å². The summed E-state index contributed by atoms with van der Waals surface area (Å²) < 4.78 is 34.8. The molecule has 0 saturated heterocycles. The lowest BCUT2D eigenvalue weighted by atomic mass is 10.0. The first-order valence-electron chi connectivity index (χ1n) is 40.4. The molecule has 0 rings (SSSR count). The van der Waals surface area contributed by atoms with Gasteiger partial charge in [0.1, 0.15) is 19.8 Å². The fourth-order valence-electron chi connectivity index (χ4n) is 12.1. The SMILES string of the molecule is CCCCCCC/C=C\C/C=C\C/C=C\CCCCCCCCCCCCCCCCC(=O)OC(COC(=O)CCCCCCCCCCCCCCCCCCCCCCCCCCCCC/C=C\CCCCCCCCCC)COP(=O)(O)OCC[N+](C)(C)C. The van der Waals surface area contributed by atoms with E-state index >= 15 is 0 Å². The molecular weight excluding hydrogens is 1160 g/mol. The minimum Gasteiger partial charge on any atom is -0.462 e. The van der Waals surface area contributed by atoms with Crippen LogP contribution in [0.1, 0.15) is 412 Å². The second kappa shape index (κ2) is 73.2. The summed E-state index contributed by atoms with van der Waals surface area (Å²) >= 11 is 0. The van der Waals surface area contributed by atoms with Gasteiger partial charge < -0.3 is 18.9 Å². The number of likely N-dealkylation sites (N-methyl/N-ethyl adjacent to an activating group) is 1. The standard InChI is InChI=1S/C82H156NO8P/c1-6-8-10-12-14-16-18-20-22-24-26-28-30-32-34-36-37-38-39-40-41-42-43-44-45-47-48-50-52-54-56-58-60-62-64-66-68-70-72-74-81(84)88-78-80(79-90-92(86,87)89-77-76-83(3,4)5)91-82(85)75-73-71-69-67-65-63-61-59-57-55-53-51-49-46-35-33-31-29-27-25-23-21-19-17-15-13-11-9-7-2/h19,21,24-27,31,33,80H,6-18,20,22-23,28-30,32,34-79H2,1-5H3/p+1/b21-19-,26-24-,27-25-,33-31-. The summed E-state index contributed by atoms with van der Waals surface area (Å²) in [4.78, 5) is 36.0. The molecule has 542 valence electrons. The van der Waals surface area contributed by atoms with Gasteiger partial charge in [-0.2, -0.15) is 0 Å². The monoisotopic (exact) mass is 1320 g/mol. The molecular formula is C82H157NO8P+. The van der Waals surface area contributed by atoms with Gasteiger partial charge in [0.15, 0.2) is 6.10 Å². The molecule has 10 heteroatoms. The first kappa shape index (κ1) is 90.0. The molecule has 1 N–H and O–H groups in total. The van der Waals surface area contributed by atoms with Crippen LogP contribution >= 0.6 is 7.82 Å². The van der Waals surface area contributed by atoms with Crippen molar-refractivity contribution >= 4 is 19.8 Å². The summed E-state index contributed by atoms with van der Waals surface area (Å²) in [5.74, 6) is -0.777. The number of hydrogen-bond acceptors (Lipinski definition) is 7. The molecule has 0 amide bonds. The highest BCUT2D eigenvalue weighted by atomic mass is 31.2. The minimum absolute atomic E-state index is 0.0335. The lowest BCUT2D eigenvalue weighted by molar-refractivity contribution is -0.870. The summed E-state index contributed by atoms with van der Waals surface area (Å²) in [7, 11) is 1.50. The highest BCUT2D eigenvalue weighted by Gasteiger charge is 2.27. The van der Waals surface area contributed by atoms with E-state index in [1.54, 1.807) is 0 Å². The van der Waals surface area contributed by atoms with E-state index in [0.29, 0.717) is 23.9 Å². The summed E-state index contributed by atoms with van der Waals surface area (Å²) in [6.45, 7) is 4.49. The molecule has 0 aromatic rings. The Bertz CT molecular complexity index is 1690. The van der Waals surface area contributed by atoms with Gasteiger partial charge in [-0.05, 0) is 77.0 Å². The van der Waals surface area contributed by atoms with Crippen LogP contribution in [-0.4, -0.2) is 74.9 Å². The number of ether oxygens (including phenoxy) is 2. The number of rotatable bonds is 76. The van der Waals surface area contributed by atoms with Gasteiger partial charge in [0.2, 0.25) is 0 Å². The van der Waals surface area contributed by atoms with Crippen molar-refractivity contribution in [2.45, 2.75) is 418 Å². The molecule has 0 aromatic carbocycles. The first-order valence-corrected chi connectivity index (χ1v) is 41.9. The van der Waals surface area contributed by atoms with Crippen LogP contribution in [0, 0.1) is 0 Å². The summed E-state index contributed by atoms with van der Waals surface area (Å²) in [6.07, 6.45) is 97.0. The van der Waals surface area contributed by atoms with Crippen LogP contribution in [0.15, 0.2) is 48.6 Å². The second-order valence-corrected chi connectivity index (χ2v) is 30.3. The van der Waals surface area contributed by atoms with Crippen LogP contribution < -0.4 is 0 Å². The average Bonchev–Trinajstić information content (AvgIpc) is 2.14. The third-order valence-corrected chi connectivity index (χ3v) is 19.3. The smallest absolute Gasteiger partial charge is 0.462 e. The van der Waals surface area contributed by atoms with E-state index in [9.17, 15) is 19.0 Å². The molecule has 0 radical (unpaired) electrons. The van der Waals surface area contributed by atoms with Crippen LogP contribution in [0.4, 0.5) is 0 Å². The van der Waals surface area contributed by atoms with Gasteiger partial charge >= 0.3 is 19.8 Å². The summed E-state index contributed by atoms with van der Waals surface area (Å²) in [5, 5.41) is 0. The molecule has 2 unspecified atom stereocenters. The third-order valence-electron chi connectivity index (χ3n) is 18.3. The summed E-state index contributed by atoms with van der Waals surface area (Å²) in [5.41, 5.74) is 0. The average molecular weight is 1320 g/mol. The Balaban J connectivity index is 3.90. The minimum atomic E-state index is -4.39. The Kier molecular flexibility index (Phi) is 71.6. The van der Waals surface area contributed by atoms with E-state index in [4.69, 9.17) is 18.5 Å². The predicted octanol–water partition coefficient (Wildman–Crippen LogP) is 26.7. The van der Waals surface area contributed by atoms with E-state index in [1.165, 1.54) is 334 Å². The number of carbonyl (C=O) groups excluding carboxylic acids is 2. The lowest BCUT2D eigenvalue weighted by Crippen LogP contribution is -2.37. The number of esters is 2. The Morgan fingerprint density at radius 1 is 0.337 bits per heavy atom. The van der Waals surface area contributed by atoms with Gasteiger partial charge in [0.25, 0.3) is 0 Å². The molecule has 0 spiro atoms. The van der Waals surface area contributed by atoms with Gasteiger partial charge in [-0.15, -0.1) is 0 Å². The molecule has 0 aliphatic carbocycles. The Hall–Kier alpha value is -2.03. The molecule has 92 heavy (non-hydrogen) atoms. The van der Waals surface area contributed by atoms with Crippen LogP contribution in [0.2, 0.25) is 0 Å². The van der Waals surface area contributed by atoms with Gasteiger partial charge in [0.05, 0.1) is 27.7 Å². The molecule has 0 aromatic heterocycles. The summed E-state index contributed by atoms with van der Waals surface area (Å²) in [6, 6.07) is 0. The van der Waals surface area contributed by atoms with Crippen molar-refractivity contribution in [2.75, 3.05) is 47.5 Å². The van der Waals surface area contributed by atoms with E-state index in [2.05, 4.69) is 62.5 Å². The molecule has 0 fully saturated rings. The fourth-order valence-corrected chi connectivity index (χ4v) is 12.9. The maximum absolute atomic E-state index is 12.9. The maximum atomic E-state index is 12.9. The molecule has 0 bridgehead atoms. The van der Waals surface area contributed by atoms with E-state index in [-0.39, 0.29) is 25.6 Å². The second-order valence-electron chi connectivity index (χ2n) is 28.8. The number of phosphoric acid groups is 1. The van der Waals surface area contributed by atoms with Crippen molar-refractivity contribution in [2.24, 2.45) is 0 Å². The van der Waals surface area contributed by atoms with Crippen molar-refractivity contribution in [3.63, 3.8) is 0 Å². The number of nitrogens with zero attached hydrogens (tertiary/aromatic N) is 1. The van der Waals surface area contributed by atoms with Gasteiger partial charge in [-0.1, -0.05) is 371 Å². The number of unbranched alkanes of at least 4 members (excludes halogenated alkanes) is 54. The van der Waals surface area contributed by atoms with Crippen LogP contribution in [0.25, 0.3) is 0 Å². The zero-order valence-electron chi connectivity index (χ0n) is 62.1. The third kappa shape index (κ3) is 77.0. The Morgan fingerprint density at radius 3 is 0.880 bits per heavy atom. The number of carbonyl (C=O) groups is 2. The van der Waals surface area contributed by atoms with Crippen LogP contribution in [0.3, 0.4) is 0 Å². The quantitative estimate of drug-likeness (QED) is 0.0211. The largest absolute Gasteiger partial charge is 0.472 e. The van der Waals surface area contributed by atoms with Crippen LogP contribution in [-0.2, 0) is 32.7 Å². The molecule has 0 aliphatic rings. The van der Waals surface area contributed by atoms with Crippen molar-refractivity contribution in [3.05, 3.63) is 48.6 Å². The highest BCUT2D eigenvalue weighted by Crippen LogP contribution is 2.43. The molecule has 9 nitrogen and oxygen atoms in total. The predicted molar refractivity (Wildman–Crippen MR) is 400 cm³/mol. The van der Waals surface area contributed by atoms with Gasteiger partial charge in [0, 0.05) is 12.8 Å². The topological polar surface area (TPSA) is 108 Å². The molecule has 0 heterocycles. The number of phosphoric ester groups is 1. The lowest BCUT2D eigenvalue weighted by Gasteiger charge is -2.24. The zero-order chi connectivity index (χ0) is 66.9. The van der Waals surface area contributed by atoms with Crippen LogP contribution in [0.5, 0.6) is 0 Å². The van der Waals surface area contributed by atoms with E-state index in [0.717, 1.165) is 44.9 Å². The van der Waals surface area contributed by atoms with E-state index < -0.39 is 26.5 Å². The number of allylic oxidation sites excluding steroid dienone is 8. The Morgan fingerprint density at radius 2 is 0.587 bits per heavy atom. The van der Waals surface area contributed by atoms with Crippen molar-refractivity contribution in [3.8, 4) is 0 Å². The number of hydrogen-bond donors (Lipinski definition) is 1. The molecule has 0 aliphatic heterocycles. The Labute approximate surface area is 573 Å². The first-order chi connectivity index (χ1) is 45.0. The zero-order valence-corrected chi connectivity index (χ0v) is 63.0. The van der Waals surface area contributed by atoms with Gasteiger partial charge in [-0.25, -0.2) is 4.57 Å². The van der Waals surface area contributed by atoms with Gasteiger partial charge in [-0.3, -0.25) is 18.6 Å². The van der Waals surface area contributed by atoms with Crippen molar-refractivity contribution in [1.29, 1.82) is 0 Å². The van der Waals surface area contributed by atoms with Crippen molar-refractivity contribution in [1.82, 2.24) is 0 Å². The fraction of sp³-hybridized carbons (Fsp3) is 0.878. The maximum Gasteiger partial charge on any atom is 0.472 e. The normalized spacial score (nSPS) is 13.2. The molecule has 2 atom stereocenters. The highest BCUT2D eigenvalue weighted by molar-refractivity contribution is 7.47. The molecule has 0 saturated carbocycles. The number of quaternary nitrogens is 1.